The minimum Gasteiger partial charge on any atom is -0.356 e. The summed E-state index contributed by atoms with van der Waals surface area (Å²) in [6, 6.07) is 8.22. The zero-order chi connectivity index (χ0) is 19.6. The first-order valence-corrected chi connectivity index (χ1v) is 7.60. The Labute approximate surface area is 149 Å². The van der Waals surface area contributed by atoms with Gasteiger partial charge in [-0.2, -0.15) is 13.2 Å². The molecule has 0 spiro atoms. The van der Waals surface area contributed by atoms with Crippen LogP contribution in [-0.4, -0.2) is 11.1 Å². The number of aromatic nitrogens is 1. The molecule has 1 amide bonds. The lowest BCUT2D eigenvalue weighted by Gasteiger charge is -2.08. The monoisotopic (exact) mass is 382 g/mol. The Hall–Kier alpha value is -3.23. The molecule has 0 aliphatic carbocycles. The standard InChI is InChI=1S/C18H11F5N2O2/c19-12-4-5-14(15(20)7-12)16-8-13(25-27-16)9-24-17(26)10-2-1-3-11(6-10)18(21,22)23/h1-8H,9H2,(H,24,26). The predicted molar refractivity (Wildman–Crippen MR) is 84.5 cm³/mol. The first-order chi connectivity index (χ1) is 12.7. The molecule has 0 saturated heterocycles. The second-order valence-electron chi connectivity index (χ2n) is 5.57. The van der Waals surface area contributed by atoms with Gasteiger partial charge in [0, 0.05) is 17.7 Å². The number of hydrogen-bond donors (Lipinski definition) is 1. The average Bonchev–Trinajstić information content (AvgIpc) is 3.07. The van der Waals surface area contributed by atoms with Gasteiger partial charge in [0.1, 0.15) is 17.3 Å². The Morgan fingerprint density at radius 1 is 1.07 bits per heavy atom. The second-order valence-corrected chi connectivity index (χ2v) is 5.57. The number of nitrogens with zero attached hydrogens (tertiary/aromatic N) is 1. The number of rotatable bonds is 4. The molecule has 0 bridgehead atoms. The van der Waals surface area contributed by atoms with E-state index in [2.05, 4.69) is 10.5 Å². The molecule has 4 nitrogen and oxygen atoms in total. The fourth-order valence-corrected chi connectivity index (χ4v) is 2.32. The van der Waals surface area contributed by atoms with E-state index >= 15 is 0 Å². The van der Waals surface area contributed by atoms with E-state index in [0.29, 0.717) is 6.07 Å². The van der Waals surface area contributed by atoms with E-state index in [4.69, 9.17) is 4.52 Å². The Balaban J connectivity index is 1.69. The van der Waals surface area contributed by atoms with Crippen molar-refractivity contribution < 1.29 is 31.3 Å². The number of benzene rings is 2. The lowest BCUT2D eigenvalue weighted by atomic mass is 10.1. The maximum Gasteiger partial charge on any atom is 0.416 e. The molecule has 1 N–H and O–H groups in total. The molecular formula is C18H11F5N2O2. The normalized spacial score (nSPS) is 11.4. The van der Waals surface area contributed by atoms with Gasteiger partial charge in [0.25, 0.3) is 5.91 Å². The summed E-state index contributed by atoms with van der Waals surface area (Å²) in [5.41, 5.74) is -0.905. The van der Waals surface area contributed by atoms with Gasteiger partial charge in [-0.3, -0.25) is 4.79 Å². The summed E-state index contributed by atoms with van der Waals surface area (Å²) < 4.78 is 69.7. The summed E-state index contributed by atoms with van der Waals surface area (Å²) in [5, 5.41) is 6.05. The molecule has 0 radical (unpaired) electrons. The Kier molecular flexibility index (Phi) is 4.93. The van der Waals surface area contributed by atoms with Crippen molar-refractivity contribution in [1.82, 2.24) is 10.5 Å². The number of alkyl halides is 3. The summed E-state index contributed by atoms with van der Waals surface area (Å²) in [6.45, 7) is -0.151. The third kappa shape index (κ3) is 4.30. The van der Waals surface area contributed by atoms with Crippen LogP contribution in [0.25, 0.3) is 11.3 Å². The van der Waals surface area contributed by atoms with Crippen molar-refractivity contribution in [3.8, 4) is 11.3 Å². The molecule has 0 unspecified atom stereocenters. The molecule has 0 fully saturated rings. The summed E-state index contributed by atoms with van der Waals surface area (Å²) in [6.07, 6.45) is -4.56. The average molecular weight is 382 g/mol. The number of nitrogens with one attached hydrogen (secondary N) is 1. The Bertz CT molecular complexity index is 982. The van der Waals surface area contributed by atoms with Crippen molar-refractivity contribution in [3.63, 3.8) is 0 Å². The van der Waals surface area contributed by atoms with Crippen molar-refractivity contribution in [2.45, 2.75) is 12.7 Å². The van der Waals surface area contributed by atoms with Crippen molar-refractivity contribution in [2.75, 3.05) is 0 Å². The summed E-state index contributed by atoms with van der Waals surface area (Å²) >= 11 is 0. The second kappa shape index (κ2) is 7.18. The molecule has 0 saturated carbocycles. The highest BCUT2D eigenvalue weighted by Crippen LogP contribution is 2.29. The highest BCUT2D eigenvalue weighted by atomic mass is 19.4. The highest BCUT2D eigenvalue weighted by molar-refractivity contribution is 5.94. The molecule has 2 aromatic carbocycles. The van der Waals surface area contributed by atoms with Crippen LogP contribution < -0.4 is 5.32 Å². The number of hydrogen-bond acceptors (Lipinski definition) is 3. The zero-order valence-electron chi connectivity index (χ0n) is 13.5. The molecule has 3 rings (SSSR count). The third-order valence-electron chi connectivity index (χ3n) is 3.64. The van der Waals surface area contributed by atoms with Gasteiger partial charge in [0.2, 0.25) is 0 Å². The predicted octanol–water partition coefficient (Wildman–Crippen LogP) is 4.57. The van der Waals surface area contributed by atoms with Gasteiger partial charge in [0.15, 0.2) is 5.76 Å². The number of halogens is 5. The van der Waals surface area contributed by atoms with Crippen LogP contribution in [0.2, 0.25) is 0 Å². The van der Waals surface area contributed by atoms with Crippen molar-refractivity contribution in [2.24, 2.45) is 0 Å². The summed E-state index contributed by atoms with van der Waals surface area (Å²) in [7, 11) is 0. The van der Waals surface area contributed by atoms with Crippen molar-refractivity contribution in [3.05, 3.63) is 77.0 Å². The highest BCUT2D eigenvalue weighted by Gasteiger charge is 2.30. The fourth-order valence-electron chi connectivity index (χ4n) is 2.32. The van der Waals surface area contributed by atoms with Crippen molar-refractivity contribution in [1.29, 1.82) is 0 Å². The molecule has 140 valence electrons. The maximum absolute atomic E-state index is 13.7. The van der Waals surface area contributed by atoms with Crippen LogP contribution in [0.1, 0.15) is 21.6 Å². The van der Waals surface area contributed by atoms with E-state index in [9.17, 15) is 26.7 Å². The molecule has 1 heterocycles. The molecule has 27 heavy (non-hydrogen) atoms. The first kappa shape index (κ1) is 18.6. The quantitative estimate of drug-likeness (QED) is 0.673. The largest absolute Gasteiger partial charge is 0.416 e. The zero-order valence-corrected chi connectivity index (χ0v) is 13.5. The number of carbonyl (C=O) groups excluding carboxylic acids is 1. The summed E-state index contributed by atoms with van der Waals surface area (Å²) in [4.78, 5) is 12.0. The van der Waals surface area contributed by atoms with Gasteiger partial charge in [0.05, 0.1) is 17.7 Å². The lowest BCUT2D eigenvalue weighted by Crippen LogP contribution is -2.23. The molecule has 9 heteroatoms. The van der Waals surface area contributed by atoms with Crippen LogP contribution in [0.15, 0.2) is 53.1 Å². The lowest BCUT2D eigenvalue weighted by molar-refractivity contribution is -0.137. The van der Waals surface area contributed by atoms with E-state index in [1.165, 1.54) is 18.2 Å². The molecule has 0 aliphatic rings. The molecule has 1 aromatic heterocycles. The van der Waals surface area contributed by atoms with Gasteiger partial charge in [-0.15, -0.1) is 0 Å². The SMILES string of the molecule is O=C(NCc1cc(-c2ccc(F)cc2F)on1)c1cccc(C(F)(F)F)c1. The van der Waals surface area contributed by atoms with Gasteiger partial charge in [-0.1, -0.05) is 11.2 Å². The third-order valence-corrected chi connectivity index (χ3v) is 3.64. The van der Waals surface area contributed by atoms with Gasteiger partial charge in [-0.25, -0.2) is 8.78 Å². The Morgan fingerprint density at radius 2 is 1.85 bits per heavy atom. The topological polar surface area (TPSA) is 55.1 Å². The smallest absolute Gasteiger partial charge is 0.356 e. The first-order valence-electron chi connectivity index (χ1n) is 7.60. The van der Waals surface area contributed by atoms with E-state index in [1.54, 1.807) is 0 Å². The van der Waals surface area contributed by atoms with E-state index < -0.39 is 29.3 Å². The van der Waals surface area contributed by atoms with Crippen LogP contribution in [-0.2, 0) is 12.7 Å². The summed E-state index contributed by atoms with van der Waals surface area (Å²) in [5.74, 6) is -2.30. The van der Waals surface area contributed by atoms with Crippen LogP contribution in [0.5, 0.6) is 0 Å². The number of carbonyl (C=O) groups is 1. The number of amides is 1. The van der Waals surface area contributed by atoms with Gasteiger partial charge >= 0.3 is 6.18 Å². The molecule has 3 aromatic rings. The van der Waals surface area contributed by atoms with E-state index in [0.717, 1.165) is 24.3 Å². The van der Waals surface area contributed by atoms with Gasteiger partial charge < -0.3 is 9.84 Å². The van der Waals surface area contributed by atoms with Crippen LogP contribution >= 0.6 is 0 Å². The Morgan fingerprint density at radius 3 is 2.56 bits per heavy atom. The minimum atomic E-state index is -4.56. The molecular weight excluding hydrogens is 371 g/mol. The van der Waals surface area contributed by atoms with Gasteiger partial charge in [-0.05, 0) is 30.3 Å². The molecule has 0 atom stereocenters. The molecule has 0 aliphatic heterocycles. The fraction of sp³-hybridized carbons (Fsp3) is 0.111. The minimum absolute atomic E-state index is 0.0145. The van der Waals surface area contributed by atoms with Crippen LogP contribution in [0.4, 0.5) is 22.0 Å². The van der Waals surface area contributed by atoms with Crippen LogP contribution in [0, 0.1) is 11.6 Å². The van der Waals surface area contributed by atoms with E-state index in [-0.39, 0.29) is 29.1 Å². The maximum atomic E-state index is 13.7. The van der Waals surface area contributed by atoms with E-state index in [1.807, 2.05) is 0 Å². The van der Waals surface area contributed by atoms with Crippen molar-refractivity contribution >= 4 is 5.91 Å². The van der Waals surface area contributed by atoms with Crippen LogP contribution in [0.3, 0.4) is 0 Å².